The number of likely N-dealkylation sites (tertiary alicyclic amines) is 2. The first-order chi connectivity index (χ1) is 7.57. The average molecular weight is 226 g/mol. The van der Waals surface area contributed by atoms with Crippen LogP contribution in [0.2, 0.25) is 0 Å². The molecule has 2 saturated heterocycles. The van der Waals surface area contributed by atoms with E-state index >= 15 is 0 Å². The van der Waals surface area contributed by atoms with Crippen LogP contribution in [0.1, 0.15) is 39.0 Å². The van der Waals surface area contributed by atoms with Crippen molar-refractivity contribution in [3.63, 3.8) is 0 Å². The summed E-state index contributed by atoms with van der Waals surface area (Å²) in [7, 11) is 2.25. The van der Waals surface area contributed by atoms with Crippen molar-refractivity contribution in [1.82, 2.24) is 9.80 Å². The summed E-state index contributed by atoms with van der Waals surface area (Å²) in [4.78, 5) is 4.93. The van der Waals surface area contributed by atoms with Crippen LogP contribution in [0.5, 0.6) is 0 Å². The molecule has 3 heteroatoms. The molecule has 2 unspecified atom stereocenters. The largest absolute Gasteiger partial charge is 0.389 e. The molecule has 94 valence electrons. The Bertz CT molecular complexity index is 230. The Kier molecular flexibility index (Phi) is 3.88. The third kappa shape index (κ3) is 3.19. The van der Waals surface area contributed by atoms with Crippen molar-refractivity contribution in [2.45, 2.75) is 50.7 Å². The van der Waals surface area contributed by atoms with Crippen molar-refractivity contribution in [1.29, 1.82) is 0 Å². The minimum atomic E-state index is -0.432. The molecule has 0 aromatic rings. The Labute approximate surface area is 99.4 Å². The molecule has 0 radical (unpaired) electrons. The zero-order valence-corrected chi connectivity index (χ0v) is 10.8. The van der Waals surface area contributed by atoms with Crippen molar-refractivity contribution in [2.24, 2.45) is 0 Å². The van der Waals surface area contributed by atoms with Crippen LogP contribution in [-0.2, 0) is 0 Å². The highest BCUT2D eigenvalue weighted by atomic mass is 16.3. The molecule has 1 N–H and O–H groups in total. The fourth-order valence-corrected chi connectivity index (χ4v) is 3.07. The highest BCUT2D eigenvalue weighted by molar-refractivity contribution is 4.86. The molecule has 0 saturated carbocycles. The van der Waals surface area contributed by atoms with E-state index in [0.29, 0.717) is 0 Å². The first-order valence-corrected chi connectivity index (χ1v) is 6.72. The van der Waals surface area contributed by atoms with Gasteiger partial charge >= 0.3 is 0 Å². The van der Waals surface area contributed by atoms with Crippen LogP contribution in [0.4, 0.5) is 0 Å². The number of aliphatic hydroxyl groups is 1. The van der Waals surface area contributed by atoms with E-state index in [0.717, 1.165) is 32.1 Å². The lowest BCUT2D eigenvalue weighted by Gasteiger charge is -2.33. The maximum absolute atomic E-state index is 9.90. The van der Waals surface area contributed by atoms with Crippen LogP contribution < -0.4 is 0 Å². The zero-order chi connectivity index (χ0) is 11.6. The van der Waals surface area contributed by atoms with Gasteiger partial charge in [0, 0.05) is 19.1 Å². The topological polar surface area (TPSA) is 26.7 Å². The van der Waals surface area contributed by atoms with Gasteiger partial charge in [0.05, 0.1) is 5.60 Å². The lowest BCUT2D eigenvalue weighted by Crippen LogP contribution is -2.39. The van der Waals surface area contributed by atoms with Crippen molar-refractivity contribution in [2.75, 3.05) is 33.2 Å². The number of hydrogen-bond acceptors (Lipinski definition) is 3. The van der Waals surface area contributed by atoms with Crippen LogP contribution in [0.25, 0.3) is 0 Å². The molecule has 3 nitrogen and oxygen atoms in total. The molecule has 2 heterocycles. The van der Waals surface area contributed by atoms with Gasteiger partial charge in [0.1, 0.15) is 0 Å². The smallest absolute Gasteiger partial charge is 0.0758 e. The Morgan fingerprint density at radius 3 is 2.75 bits per heavy atom. The standard InChI is InChI=1S/C13H26N2O/c1-13(16)7-10-15(11-13)9-6-12-5-3-4-8-14(12)2/h12,16H,3-11H2,1-2H3. The van der Waals surface area contributed by atoms with Gasteiger partial charge in [0.15, 0.2) is 0 Å². The summed E-state index contributed by atoms with van der Waals surface area (Å²) < 4.78 is 0. The van der Waals surface area contributed by atoms with Gasteiger partial charge in [0.2, 0.25) is 0 Å². The first-order valence-electron chi connectivity index (χ1n) is 6.72. The SMILES string of the molecule is CN1CCCCC1CCN1CCC(C)(O)C1. The summed E-state index contributed by atoms with van der Waals surface area (Å²) >= 11 is 0. The van der Waals surface area contributed by atoms with E-state index in [-0.39, 0.29) is 0 Å². The summed E-state index contributed by atoms with van der Waals surface area (Å²) in [5, 5.41) is 9.90. The van der Waals surface area contributed by atoms with Crippen LogP contribution in [0.15, 0.2) is 0 Å². The molecule has 2 fully saturated rings. The molecule has 0 aromatic heterocycles. The predicted octanol–water partition coefficient (Wildman–Crippen LogP) is 1.32. The number of hydrogen-bond donors (Lipinski definition) is 1. The minimum Gasteiger partial charge on any atom is -0.389 e. The van der Waals surface area contributed by atoms with Crippen LogP contribution >= 0.6 is 0 Å². The molecule has 0 aromatic carbocycles. The van der Waals surface area contributed by atoms with Gasteiger partial charge in [-0.3, -0.25) is 0 Å². The molecule has 2 rings (SSSR count). The van der Waals surface area contributed by atoms with Gasteiger partial charge in [-0.05, 0) is 52.7 Å². The van der Waals surface area contributed by atoms with Crippen LogP contribution in [-0.4, -0.2) is 59.8 Å². The zero-order valence-electron chi connectivity index (χ0n) is 10.8. The fraction of sp³-hybridized carbons (Fsp3) is 1.00. The Hall–Kier alpha value is -0.120. The maximum Gasteiger partial charge on any atom is 0.0758 e. The Morgan fingerprint density at radius 1 is 1.31 bits per heavy atom. The van der Waals surface area contributed by atoms with Crippen LogP contribution in [0.3, 0.4) is 0 Å². The average Bonchev–Trinajstić information content (AvgIpc) is 2.57. The summed E-state index contributed by atoms with van der Waals surface area (Å²) in [6.45, 7) is 6.32. The molecular formula is C13H26N2O. The van der Waals surface area contributed by atoms with Gasteiger partial charge < -0.3 is 14.9 Å². The summed E-state index contributed by atoms with van der Waals surface area (Å²) in [6.07, 6.45) is 6.33. The van der Waals surface area contributed by atoms with E-state index < -0.39 is 5.60 Å². The Balaban J connectivity index is 1.71. The monoisotopic (exact) mass is 226 g/mol. The quantitative estimate of drug-likeness (QED) is 0.786. The number of rotatable bonds is 3. The summed E-state index contributed by atoms with van der Waals surface area (Å²) in [5.41, 5.74) is -0.432. The van der Waals surface area contributed by atoms with Gasteiger partial charge in [0.25, 0.3) is 0 Å². The van der Waals surface area contributed by atoms with Crippen molar-refractivity contribution in [3.8, 4) is 0 Å². The molecule has 2 aliphatic heterocycles. The van der Waals surface area contributed by atoms with E-state index in [1.165, 1.54) is 32.2 Å². The van der Waals surface area contributed by atoms with E-state index in [4.69, 9.17) is 0 Å². The molecule has 0 amide bonds. The second-order valence-corrected chi connectivity index (χ2v) is 5.94. The lowest BCUT2D eigenvalue weighted by atomic mass is 10.00. The minimum absolute atomic E-state index is 0.432. The van der Waals surface area contributed by atoms with E-state index in [1.54, 1.807) is 0 Å². The number of nitrogens with zero attached hydrogens (tertiary/aromatic N) is 2. The second-order valence-electron chi connectivity index (χ2n) is 5.94. The molecule has 2 aliphatic rings. The molecular weight excluding hydrogens is 200 g/mol. The van der Waals surface area contributed by atoms with E-state index in [2.05, 4.69) is 16.8 Å². The van der Waals surface area contributed by atoms with Gasteiger partial charge in [-0.2, -0.15) is 0 Å². The normalized spacial score (nSPS) is 38.1. The van der Waals surface area contributed by atoms with Crippen molar-refractivity contribution < 1.29 is 5.11 Å². The van der Waals surface area contributed by atoms with Crippen LogP contribution in [0, 0.1) is 0 Å². The second kappa shape index (κ2) is 5.03. The third-order valence-corrected chi connectivity index (χ3v) is 4.23. The summed E-state index contributed by atoms with van der Waals surface area (Å²) in [6, 6.07) is 0.777. The summed E-state index contributed by atoms with van der Waals surface area (Å²) in [5.74, 6) is 0. The fourth-order valence-electron chi connectivity index (χ4n) is 3.07. The van der Waals surface area contributed by atoms with Crippen molar-refractivity contribution in [3.05, 3.63) is 0 Å². The molecule has 16 heavy (non-hydrogen) atoms. The predicted molar refractivity (Wildman–Crippen MR) is 66.6 cm³/mol. The molecule has 2 atom stereocenters. The van der Waals surface area contributed by atoms with Gasteiger partial charge in [-0.25, -0.2) is 0 Å². The van der Waals surface area contributed by atoms with Gasteiger partial charge in [-0.1, -0.05) is 6.42 Å². The van der Waals surface area contributed by atoms with E-state index in [1.807, 2.05) is 6.92 Å². The first kappa shape index (κ1) is 12.3. The highest BCUT2D eigenvalue weighted by Gasteiger charge is 2.31. The highest BCUT2D eigenvalue weighted by Crippen LogP contribution is 2.22. The van der Waals surface area contributed by atoms with Gasteiger partial charge in [-0.15, -0.1) is 0 Å². The molecule has 0 bridgehead atoms. The third-order valence-electron chi connectivity index (χ3n) is 4.23. The molecule has 0 aliphatic carbocycles. The van der Waals surface area contributed by atoms with Crippen molar-refractivity contribution >= 4 is 0 Å². The number of piperidine rings is 1. The maximum atomic E-state index is 9.90. The van der Waals surface area contributed by atoms with E-state index in [9.17, 15) is 5.11 Å². The lowest BCUT2D eigenvalue weighted by molar-refractivity contribution is 0.0666. The Morgan fingerprint density at radius 2 is 2.12 bits per heavy atom. The number of β-amino-alcohol motifs (C(OH)–C–C–N with tert-alkyl or cyclic N) is 1. The molecule has 0 spiro atoms.